The fraction of sp³-hybridized carbons (Fsp3) is 0.100. The van der Waals surface area contributed by atoms with E-state index in [-0.39, 0.29) is 0 Å². The van der Waals surface area contributed by atoms with Crippen LogP contribution < -0.4 is 10.1 Å². The number of aryl methyl sites for hydroxylation is 1. The first-order valence-electron chi connectivity index (χ1n) is 8.12. The summed E-state index contributed by atoms with van der Waals surface area (Å²) in [7, 11) is 0. The lowest BCUT2D eigenvalue weighted by molar-refractivity contribution is 0.306. The van der Waals surface area contributed by atoms with Gasteiger partial charge in [-0.3, -0.25) is 0 Å². The van der Waals surface area contributed by atoms with Gasteiger partial charge in [0.15, 0.2) is 0 Å². The fourth-order valence-corrected chi connectivity index (χ4v) is 2.68. The Morgan fingerprint density at radius 2 is 1.80 bits per heavy atom. The number of hydrogen-bond acceptors (Lipinski definition) is 4. The SMILES string of the molecule is Cc1cc2c(Nc3ccc(OCc4ccccc4)cc3)ncnc2[nH]1. The second kappa shape index (κ2) is 6.65. The molecule has 124 valence electrons. The summed E-state index contributed by atoms with van der Waals surface area (Å²) in [6.07, 6.45) is 1.55. The summed E-state index contributed by atoms with van der Waals surface area (Å²) in [5.41, 5.74) is 3.99. The van der Waals surface area contributed by atoms with Gasteiger partial charge in [0, 0.05) is 11.4 Å². The molecule has 0 aliphatic rings. The summed E-state index contributed by atoms with van der Waals surface area (Å²) in [5.74, 6) is 1.62. The largest absolute Gasteiger partial charge is 0.489 e. The van der Waals surface area contributed by atoms with Gasteiger partial charge in [-0.1, -0.05) is 30.3 Å². The first-order chi connectivity index (χ1) is 12.3. The van der Waals surface area contributed by atoms with Crippen LogP contribution in [0, 0.1) is 6.92 Å². The number of fused-ring (bicyclic) bond motifs is 1. The van der Waals surface area contributed by atoms with E-state index in [2.05, 4.69) is 32.4 Å². The van der Waals surface area contributed by atoms with Crippen LogP contribution in [0.25, 0.3) is 11.0 Å². The fourth-order valence-electron chi connectivity index (χ4n) is 2.68. The number of aromatic amines is 1. The van der Waals surface area contributed by atoms with Gasteiger partial charge < -0.3 is 15.0 Å². The summed E-state index contributed by atoms with van der Waals surface area (Å²) in [5, 5.41) is 4.31. The van der Waals surface area contributed by atoms with E-state index < -0.39 is 0 Å². The molecule has 2 N–H and O–H groups in total. The van der Waals surface area contributed by atoms with E-state index in [1.54, 1.807) is 6.33 Å². The molecular weight excluding hydrogens is 312 g/mol. The van der Waals surface area contributed by atoms with Crippen LogP contribution in [0.4, 0.5) is 11.5 Å². The van der Waals surface area contributed by atoms with Gasteiger partial charge in [0.2, 0.25) is 0 Å². The first-order valence-corrected chi connectivity index (χ1v) is 8.12. The topological polar surface area (TPSA) is 62.8 Å². The Balaban J connectivity index is 1.46. The Hall–Kier alpha value is -3.34. The van der Waals surface area contributed by atoms with Crippen LogP contribution in [0.5, 0.6) is 5.75 Å². The maximum atomic E-state index is 5.81. The average molecular weight is 330 g/mol. The molecule has 0 fully saturated rings. The lowest BCUT2D eigenvalue weighted by atomic mass is 10.2. The smallest absolute Gasteiger partial charge is 0.143 e. The maximum Gasteiger partial charge on any atom is 0.143 e. The molecule has 5 heteroatoms. The van der Waals surface area contributed by atoms with Crippen LogP contribution in [0.15, 0.2) is 67.0 Å². The molecule has 25 heavy (non-hydrogen) atoms. The minimum absolute atomic E-state index is 0.558. The number of aromatic nitrogens is 3. The van der Waals surface area contributed by atoms with E-state index in [1.165, 1.54) is 0 Å². The van der Waals surface area contributed by atoms with E-state index in [9.17, 15) is 0 Å². The number of ether oxygens (including phenoxy) is 1. The zero-order valence-corrected chi connectivity index (χ0v) is 13.9. The number of H-pyrrole nitrogens is 1. The molecule has 2 heterocycles. The van der Waals surface area contributed by atoms with Crippen LogP contribution in [0.3, 0.4) is 0 Å². The van der Waals surface area contributed by atoms with Crippen molar-refractivity contribution >= 4 is 22.5 Å². The number of nitrogens with one attached hydrogen (secondary N) is 2. The molecule has 0 unspecified atom stereocenters. The molecule has 0 aliphatic heterocycles. The van der Waals surface area contributed by atoms with Crippen molar-refractivity contribution in [3.8, 4) is 5.75 Å². The first kappa shape index (κ1) is 15.2. The quantitative estimate of drug-likeness (QED) is 0.562. The van der Waals surface area contributed by atoms with Gasteiger partial charge in [0.1, 0.15) is 30.1 Å². The minimum atomic E-state index is 0.558. The average Bonchev–Trinajstić information content (AvgIpc) is 3.03. The highest BCUT2D eigenvalue weighted by Crippen LogP contribution is 2.25. The van der Waals surface area contributed by atoms with Crippen molar-refractivity contribution < 1.29 is 4.74 Å². The molecule has 0 aliphatic carbocycles. The molecule has 0 atom stereocenters. The Morgan fingerprint density at radius 3 is 2.60 bits per heavy atom. The van der Waals surface area contributed by atoms with E-state index in [1.807, 2.05) is 55.5 Å². The van der Waals surface area contributed by atoms with Crippen molar-refractivity contribution in [3.63, 3.8) is 0 Å². The molecule has 0 amide bonds. The molecule has 0 bridgehead atoms. The number of benzene rings is 2. The molecule has 0 radical (unpaired) electrons. The van der Waals surface area contributed by atoms with Crippen LogP contribution in [0.2, 0.25) is 0 Å². The highest BCUT2D eigenvalue weighted by molar-refractivity contribution is 5.89. The number of nitrogens with zero attached hydrogens (tertiary/aromatic N) is 2. The number of rotatable bonds is 5. The molecular formula is C20H18N4O. The predicted molar refractivity (Wildman–Crippen MR) is 99.1 cm³/mol. The molecule has 0 spiro atoms. The standard InChI is InChI=1S/C20H18N4O/c1-14-11-18-19(23-14)21-13-22-20(18)24-16-7-9-17(10-8-16)25-12-15-5-3-2-4-6-15/h2-11,13H,12H2,1H3,(H2,21,22,23,24). The van der Waals surface area contributed by atoms with Crippen molar-refractivity contribution in [2.24, 2.45) is 0 Å². The molecule has 2 aromatic carbocycles. The Kier molecular flexibility index (Phi) is 4.04. The Morgan fingerprint density at radius 1 is 1.00 bits per heavy atom. The number of hydrogen-bond donors (Lipinski definition) is 2. The molecule has 5 nitrogen and oxygen atoms in total. The van der Waals surface area contributed by atoms with Crippen molar-refractivity contribution in [2.75, 3.05) is 5.32 Å². The minimum Gasteiger partial charge on any atom is -0.489 e. The van der Waals surface area contributed by atoms with Crippen molar-refractivity contribution in [1.29, 1.82) is 0 Å². The lowest BCUT2D eigenvalue weighted by Gasteiger charge is -2.09. The van der Waals surface area contributed by atoms with Crippen molar-refractivity contribution in [1.82, 2.24) is 15.0 Å². The third-order valence-electron chi connectivity index (χ3n) is 3.93. The zero-order valence-electron chi connectivity index (χ0n) is 13.9. The summed E-state index contributed by atoms with van der Waals surface area (Å²) in [6.45, 7) is 2.56. The molecule has 2 aromatic heterocycles. The van der Waals surface area contributed by atoms with Gasteiger partial charge in [-0.2, -0.15) is 0 Å². The third kappa shape index (κ3) is 3.45. The van der Waals surface area contributed by atoms with Crippen molar-refractivity contribution in [3.05, 3.63) is 78.2 Å². The van der Waals surface area contributed by atoms with Crippen LogP contribution in [-0.2, 0) is 6.61 Å². The molecule has 4 aromatic rings. The summed E-state index contributed by atoms with van der Waals surface area (Å²) >= 11 is 0. The lowest BCUT2D eigenvalue weighted by Crippen LogP contribution is -1.97. The van der Waals surface area contributed by atoms with Crippen LogP contribution in [0.1, 0.15) is 11.3 Å². The Bertz CT molecular complexity index is 978. The van der Waals surface area contributed by atoms with Gasteiger partial charge in [0.05, 0.1) is 5.39 Å². The molecule has 4 rings (SSSR count). The monoisotopic (exact) mass is 330 g/mol. The second-order valence-corrected chi connectivity index (χ2v) is 5.86. The molecule has 0 saturated carbocycles. The zero-order chi connectivity index (χ0) is 17.1. The van der Waals surface area contributed by atoms with E-state index in [0.717, 1.165) is 39.5 Å². The van der Waals surface area contributed by atoms with E-state index in [0.29, 0.717) is 6.61 Å². The van der Waals surface area contributed by atoms with Crippen LogP contribution in [-0.4, -0.2) is 15.0 Å². The summed E-state index contributed by atoms with van der Waals surface area (Å²) in [6, 6.07) is 20.0. The third-order valence-corrected chi connectivity index (χ3v) is 3.93. The predicted octanol–water partition coefficient (Wildman–Crippen LogP) is 4.59. The molecule has 0 saturated heterocycles. The van der Waals surface area contributed by atoms with Gasteiger partial charge in [0.25, 0.3) is 0 Å². The summed E-state index contributed by atoms with van der Waals surface area (Å²) in [4.78, 5) is 11.8. The highest BCUT2D eigenvalue weighted by atomic mass is 16.5. The Labute approximate surface area is 145 Å². The van der Waals surface area contributed by atoms with Crippen molar-refractivity contribution in [2.45, 2.75) is 13.5 Å². The number of anilines is 2. The second-order valence-electron chi connectivity index (χ2n) is 5.86. The highest BCUT2D eigenvalue weighted by Gasteiger charge is 2.06. The summed E-state index contributed by atoms with van der Waals surface area (Å²) < 4.78 is 5.81. The van der Waals surface area contributed by atoms with Gasteiger partial charge in [-0.15, -0.1) is 0 Å². The van der Waals surface area contributed by atoms with E-state index >= 15 is 0 Å². The van der Waals surface area contributed by atoms with E-state index in [4.69, 9.17) is 4.74 Å². The van der Waals surface area contributed by atoms with Gasteiger partial charge in [-0.25, -0.2) is 9.97 Å². The normalized spacial score (nSPS) is 10.8. The van der Waals surface area contributed by atoms with Gasteiger partial charge >= 0.3 is 0 Å². The van der Waals surface area contributed by atoms with Crippen LogP contribution >= 0.6 is 0 Å². The maximum absolute atomic E-state index is 5.81. The van der Waals surface area contributed by atoms with Gasteiger partial charge in [-0.05, 0) is 42.8 Å².